The molecule has 0 aliphatic carbocycles. The Morgan fingerprint density at radius 1 is 1.06 bits per heavy atom. The molecular formula is C25H27NO7. The fourth-order valence-electron chi connectivity index (χ4n) is 3.59. The molecule has 2 N–H and O–H groups in total. The van der Waals surface area contributed by atoms with Crippen molar-refractivity contribution in [2.75, 3.05) is 21.3 Å². The van der Waals surface area contributed by atoms with E-state index in [-0.39, 0.29) is 6.42 Å². The van der Waals surface area contributed by atoms with E-state index in [0.29, 0.717) is 34.0 Å². The molecular weight excluding hydrogens is 426 g/mol. The van der Waals surface area contributed by atoms with Crippen LogP contribution < -0.4 is 19.5 Å². The second-order valence-electron chi connectivity index (χ2n) is 7.40. The molecule has 0 bridgehead atoms. The zero-order valence-electron chi connectivity index (χ0n) is 19.2. The highest BCUT2D eigenvalue weighted by Gasteiger charge is 2.19. The summed E-state index contributed by atoms with van der Waals surface area (Å²) in [7, 11) is 4.69. The molecule has 0 spiro atoms. The molecule has 0 radical (unpaired) electrons. The topological polar surface area (TPSA) is 107 Å². The lowest BCUT2D eigenvalue weighted by molar-refractivity contribution is -0.141. The molecule has 1 unspecified atom stereocenters. The van der Waals surface area contributed by atoms with Crippen molar-refractivity contribution in [2.45, 2.75) is 26.3 Å². The van der Waals surface area contributed by atoms with Gasteiger partial charge in [-0.2, -0.15) is 0 Å². The van der Waals surface area contributed by atoms with Crippen LogP contribution in [0.5, 0.6) is 17.2 Å². The van der Waals surface area contributed by atoms with Gasteiger partial charge in [0.2, 0.25) is 5.91 Å². The van der Waals surface area contributed by atoms with Crippen LogP contribution in [0.15, 0.2) is 47.1 Å². The van der Waals surface area contributed by atoms with Crippen LogP contribution >= 0.6 is 0 Å². The van der Waals surface area contributed by atoms with Crippen LogP contribution in [-0.2, 0) is 9.59 Å². The van der Waals surface area contributed by atoms with E-state index >= 15 is 0 Å². The van der Waals surface area contributed by atoms with Crippen LogP contribution in [0, 0.1) is 0 Å². The maximum Gasteiger partial charge on any atom is 0.326 e. The Balaban J connectivity index is 2.05. The molecule has 0 saturated heterocycles. The standard InChI is InChI=1S/C25H27NO7/c1-6-19(25(28)29)26-24(27)9-14(2)16-11-17-18(13-33-22(17)12-21(16)31-4)15-7-8-20(30-3)23(10-15)32-5/h7-13,19H,6H2,1-5H3,(H,26,27)(H,28,29)/b14-9+. The van der Waals surface area contributed by atoms with Gasteiger partial charge < -0.3 is 29.1 Å². The Labute approximate surface area is 191 Å². The van der Waals surface area contributed by atoms with Gasteiger partial charge in [0.05, 0.1) is 27.6 Å². The average Bonchev–Trinajstić information content (AvgIpc) is 3.23. The number of carboxylic acid groups (broad SMARTS) is 1. The first-order valence-electron chi connectivity index (χ1n) is 10.4. The number of ether oxygens (including phenoxy) is 3. The van der Waals surface area contributed by atoms with Gasteiger partial charge in [-0.15, -0.1) is 0 Å². The number of methoxy groups -OCH3 is 3. The van der Waals surface area contributed by atoms with Crippen LogP contribution in [0.25, 0.3) is 27.7 Å². The average molecular weight is 453 g/mol. The number of rotatable bonds is 9. The quantitative estimate of drug-likeness (QED) is 0.459. The molecule has 0 aliphatic rings. The van der Waals surface area contributed by atoms with Crippen molar-refractivity contribution in [2.24, 2.45) is 0 Å². The number of benzene rings is 2. The van der Waals surface area contributed by atoms with Gasteiger partial charge in [-0.3, -0.25) is 4.79 Å². The summed E-state index contributed by atoms with van der Waals surface area (Å²) in [5.41, 5.74) is 3.63. The summed E-state index contributed by atoms with van der Waals surface area (Å²) in [4.78, 5) is 23.6. The van der Waals surface area contributed by atoms with E-state index in [9.17, 15) is 14.7 Å². The Kier molecular flexibility index (Phi) is 7.27. The summed E-state index contributed by atoms with van der Waals surface area (Å²) in [5, 5.41) is 12.5. The van der Waals surface area contributed by atoms with E-state index < -0.39 is 17.9 Å². The number of furan rings is 1. The largest absolute Gasteiger partial charge is 0.496 e. The molecule has 2 aromatic carbocycles. The first kappa shape index (κ1) is 23.7. The lowest BCUT2D eigenvalue weighted by Gasteiger charge is -2.13. The highest BCUT2D eigenvalue weighted by Crippen LogP contribution is 2.39. The third kappa shape index (κ3) is 4.95. The van der Waals surface area contributed by atoms with E-state index in [1.807, 2.05) is 24.3 Å². The smallest absolute Gasteiger partial charge is 0.326 e. The van der Waals surface area contributed by atoms with Gasteiger partial charge in [0.1, 0.15) is 17.4 Å². The summed E-state index contributed by atoms with van der Waals surface area (Å²) in [5.74, 6) is 0.176. The van der Waals surface area contributed by atoms with Crippen molar-refractivity contribution in [1.82, 2.24) is 5.32 Å². The fraction of sp³-hybridized carbons (Fsp3) is 0.280. The van der Waals surface area contributed by atoms with Crippen LogP contribution in [0.1, 0.15) is 25.8 Å². The van der Waals surface area contributed by atoms with Crippen molar-refractivity contribution in [3.8, 4) is 28.4 Å². The first-order valence-corrected chi connectivity index (χ1v) is 10.4. The Morgan fingerprint density at radius 2 is 1.76 bits per heavy atom. The van der Waals surface area contributed by atoms with E-state index in [4.69, 9.17) is 18.6 Å². The van der Waals surface area contributed by atoms with E-state index in [1.54, 1.807) is 40.4 Å². The van der Waals surface area contributed by atoms with Crippen molar-refractivity contribution in [1.29, 1.82) is 0 Å². The third-order valence-electron chi connectivity index (χ3n) is 5.39. The van der Waals surface area contributed by atoms with Crippen molar-refractivity contribution in [3.63, 3.8) is 0 Å². The predicted octanol–water partition coefficient (Wildman–Crippen LogP) is 4.51. The number of aliphatic carboxylic acids is 1. The minimum Gasteiger partial charge on any atom is -0.496 e. The summed E-state index contributed by atoms with van der Waals surface area (Å²) < 4.78 is 22.0. The lowest BCUT2D eigenvalue weighted by Crippen LogP contribution is -2.39. The molecule has 8 nitrogen and oxygen atoms in total. The molecule has 1 heterocycles. The number of nitrogens with one attached hydrogen (secondary N) is 1. The number of hydrogen-bond donors (Lipinski definition) is 2. The highest BCUT2D eigenvalue weighted by atomic mass is 16.5. The van der Waals surface area contributed by atoms with Crippen LogP contribution in [0.4, 0.5) is 0 Å². The van der Waals surface area contributed by atoms with Gasteiger partial charge >= 0.3 is 5.97 Å². The first-order chi connectivity index (χ1) is 15.8. The number of carbonyl (C=O) groups excluding carboxylic acids is 1. The maximum atomic E-state index is 12.4. The summed E-state index contributed by atoms with van der Waals surface area (Å²) in [6.45, 7) is 3.46. The molecule has 0 saturated carbocycles. The van der Waals surface area contributed by atoms with Crippen LogP contribution in [0.2, 0.25) is 0 Å². The van der Waals surface area contributed by atoms with E-state index in [2.05, 4.69) is 5.32 Å². The fourth-order valence-corrected chi connectivity index (χ4v) is 3.59. The van der Waals surface area contributed by atoms with E-state index in [0.717, 1.165) is 16.5 Å². The Bertz CT molecular complexity index is 1210. The minimum atomic E-state index is -1.08. The molecule has 174 valence electrons. The van der Waals surface area contributed by atoms with Crippen molar-refractivity contribution >= 4 is 28.4 Å². The molecule has 0 aliphatic heterocycles. The molecule has 0 fully saturated rings. The van der Waals surface area contributed by atoms with Gasteiger partial charge in [-0.25, -0.2) is 4.79 Å². The predicted molar refractivity (Wildman–Crippen MR) is 125 cm³/mol. The number of carboxylic acids is 1. The highest BCUT2D eigenvalue weighted by molar-refractivity contribution is 6.01. The summed E-state index contributed by atoms with van der Waals surface area (Å²) >= 11 is 0. The Morgan fingerprint density at radius 3 is 2.36 bits per heavy atom. The molecule has 8 heteroatoms. The van der Waals surface area contributed by atoms with E-state index in [1.165, 1.54) is 13.2 Å². The normalized spacial score (nSPS) is 12.3. The molecule has 1 amide bonds. The maximum absolute atomic E-state index is 12.4. The molecule has 3 rings (SSSR count). The lowest BCUT2D eigenvalue weighted by atomic mass is 9.99. The summed E-state index contributed by atoms with van der Waals surface area (Å²) in [6, 6.07) is 8.28. The van der Waals surface area contributed by atoms with Gasteiger partial charge in [0.25, 0.3) is 0 Å². The number of carbonyl (C=O) groups is 2. The van der Waals surface area contributed by atoms with Gasteiger partial charge in [-0.05, 0) is 42.7 Å². The van der Waals surface area contributed by atoms with Crippen molar-refractivity contribution < 1.29 is 33.3 Å². The zero-order chi connectivity index (χ0) is 24.1. The van der Waals surface area contributed by atoms with Crippen LogP contribution in [-0.4, -0.2) is 44.4 Å². The van der Waals surface area contributed by atoms with Gasteiger partial charge in [0.15, 0.2) is 11.5 Å². The molecule has 33 heavy (non-hydrogen) atoms. The zero-order valence-corrected chi connectivity index (χ0v) is 19.2. The molecule has 1 atom stereocenters. The monoisotopic (exact) mass is 453 g/mol. The summed E-state index contributed by atoms with van der Waals surface area (Å²) in [6.07, 6.45) is 3.30. The third-order valence-corrected chi connectivity index (χ3v) is 5.39. The number of amides is 1. The van der Waals surface area contributed by atoms with Crippen LogP contribution in [0.3, 0.4) is 0 Å². The SMILES string of the molecule is CCC(NC(=O)/C=C(\C)c1cc2c(-c3ccc(OC)c(OC)c3)coc2cc1OC)C(=O)O. The molecule has 3 aromatic rings. The minimum absolute atomic E-state index is 0.285. The second kappa shape index (κ2) is 10.1. The number of hydrogen-bond acceptors (Lipinski definition) is 6. The Hall–Kier alpha value is -3.94. The molecule has 1 aromatic heterocycles. The van der Waals surface area contributed by atoms with Gasteiger partial charge in [0, 0.05) is 28.7 Å². The van der Waals surface area contributed by atoms with Crippen molar-refractivity contribution in [3.05, 3.63) is 48.2 Å². The second-order valence-corrected chi connectivity index (χ2v) is 7.40. The van der Waals surface area contributed by atoms with Gasteiger partial charge in [-0.1, -0.05) is 13.0 Å². The number of fused-ring (bicyclic) bond motifs is 1. The number of allylic oxidation sites excluding steroid dienone is 1.